The molecule has 0 spiro atoms. The molecule has 102 valence electrons. The summed E-state index contributed by atoms with van der Waals surface area (Å²) < 4.78 is 0. The van der Waals surface area contributed by atoms with E-state index in [-0.39, 0.29) is 15.7 Å². The van der Waals surface area contributed by atoms with Crippen LogP contribution in [0.2, 0.25) is 10.0 Å². The van der Waals surface area contributed by atoms with Crippen molar-refractivity contribution in [1.82, 2.24) is 0 Å². The second kappa shape index (κ2) is 5.74. The van der Waals surface area contributed by atoms with Gasteiger partial charge in [0.15, 0.2) is 5.60 Å². The average molecular weight is 302 g/mol. The van der Waals surface area contributed by atoms with Gasteiger partial charge in [0.1, 0.15) is 0 Å². The number of halogens is 2. The Labute approximate surface area is 121 Å². The van der Waals surface area contributed by atoms with Crippen LogP contribution in [0.1, 0.15) is 13.8 Å². The maximum atomic E-state index is 12.2. The molecule has 0 bridgehead atoms. The number of anilines is 1. The van der Waals surface area contributed by atoms with Crippen LogP contribution in [-0.4, -0.2) is 22.5 Å². The lowest BCUT2D eigenvalue weighted by Gasteiger charge is -2.26. The third kappa shape index (κ3) is 3.56. The molecule has 19 heavy (non-hydrogen) atoms. The number of rotatable bonds is 3. The largest absolute Gasteiger partial charge is 0.376 e. The number of aliphatic hydroxyl groups is 1. The van der Waals surface area contributed by atoms with E-state index in [1.807, 2.05) is 0 Å². The van der Waals surface area contributed by atoms with Crippen molar-refractivity contribution in [3.63, 3.8) is 0 Å². The Morgan fingerprint density at radius 1 is 1.32 bits per heavy atom. The zero-order valence-corrected chi connectivity index (χ0v) is 12.0. The molecule has 0 heterocycles. The first kappa shape index (κ1) is 15.7. The SMILES string of the molecule is C=CC(C)(O)C(=O)N(C(C)=O)c1cc(Cl)cc(Cl)c1. The Balaban J connectivity index is 3.33. The van der Waals surface area contributed by atoms with Gasteiger partial charge in [-0.1, -0.05) is 35.9 Å². The highest BCUT2D eigenvalue weighted by atomic mass is 35.5. The number of carbonyl (C=O) groups excluding carboxylic acids is 2. The van der Waals surface area contributed by atoms with Gasteiger partial charge in [-0.05, 0) is 25.1 Å². The van der Waals surface area contributed by atoms with Gasteiger partial charge in [0.05, 0.1) is 5.69 Å². The van der Waals surface area contributed by atoms with Crippen LogP contribution in [0.3, 0.4) is 0 Å². The van der Waals surface area contributed by atoms with Crippen molar-refractivity contribution < 1.29 is 14.7 Å². The standard InChI is InChI=1S/C13H13Cl2NO3/c1-4-13(3,19)12(18)16(8(2)17)11-6-9(14)5-10(15)7-11/h4-7,19H,1H2,2-3H3. The van der Waals surface area contributed by atoms with E-state index in [2.05, 4.69) is 6.58 Å². The molecule has 0 aliphatic carbocycles. The summed E-state index contributed by atoms with van der Waals surface area (Å²) in [5, 5.41) is 10.4. The number of amides is 2. The second-order valence-electron chi connectivity index (χ2n) is 4.14. The van der Waals surface area contributed by atoms with Crippen LogP contribution >= 0.6 is 23.2 Å². The molecule has 0 saturated carbocycles. The van der Waals surface area contributed by atoms with Crippen LogP contribution in [0.4, 0.5) is 5.69 Å². The quantitative estimate of drug-likeness (QED) is 0.873. The minimum atomic E-state index is -1.86. The fourth-order valence-electron chi connectivity index (χ4n) is 1.42. The smallest absolute Gasteiger partial charge is 0.269 e. The molecule has 4 nitrogen and oxygen atoms in total. The average Bonchev–Trinajstić information content (AvgIpc) is 2.27. The van der Waals surface area contributed by atoms with Crippen molar-refractivity contribution in [2.75, 3.05) is 4.90 Å². The number of hydrogen-bond donors (Lipinski definition) is 1. The first-order valence-electron chi connectivity index (χ1n) is 5.36. The van der Waals surface area contributed by atoms with E-state index in [0.717, 1.165) is 11.0 Å². The summed E-state index contributed by atoms with van der Waals surface area (Å²) in [6, 6.07) is 4.29. The number of nitrogens with zero attached hydrogens (tertiary/aromatic N) is 1. The minimum absolute atomic E-state index is 0.192. The predicted octanol–water partition coefficient (Wildman–Crippen LogP) is 2.81. The third-order valence-electron chi connectivity index (χ3n) is 2.45. The van der Waals surface area contributed by atoms with E-state index in [9.17, 15) is 14.7 Å². The van der Waals surface area contributed by atoms with Crippen molar-refractivity contribution in [1.29, 1.82) is 0 Å². The van der Waals surface area contributed by atoms with Crippen LogP contribution in [0.25, 0.3) is 0 Å². The van der Waals surface area contributed by atoms with Gasteiger partial charge in [-0.3, -0.25) is 9.59 Å². The van der Waals surface area contributed by atoms with Crippen LogP contribution in [0, 0.1) is 0 Å². The maximum Gasteiger partial charge on any atom is 0.269 e. The highest BCUT2D eigenvalue weighted by molar-refractivity contribution is 6.35. The molecule has 2 amide bonds. The Bertz CT molecular complexity index is 520. The molecule has 1 atom stereocenters. The van der Waals surface area contributed by atoms with Crippen molar-refractivity contribution in [2.45, 2.75) is 19.4 Å². The Hall–Kier alpha value is -1.36. The summed E-state index contributed by atoms with van der Waals surface area (Å²) >= 11 is 11.7. The van der Waals surface area contributed by atoms with Gasteiger partial charge in [0.2, 0.25) is 5.91 Å². The van der Waals surface area contributed by atoms with Gasteiger partial charge in [-0.15, -0.1) is 0 Å². The van der Waals surface area contributed by atoms with Crippen LogP contribution in [-0.2, 0) is 9.59 Å². The molecule has 0 aliphatic heterocycles. The molecule has 1 aromatic carbocycles. The lowest BCUT2D eigenvalue weighted by atomic mass is 10.1. The topological polar surface area (TPSA) is 57.6 Å². The van der Waals surface area contributed by atoms with Gasteiger partial charge in [0.25, 0.3) is 5.91 Å². The summed E-state index contributed by atoms with van der Waals surface area (Å²) in [6.07, 6.45) is 1.05. The van der Waals surface area contributed by atoms with Gasteiger partial charge >= 0.3 is 0 Å². The molecule has 6 heteroatoms. The first-order valence-corrected chi connectivity index (χ1v) is 6.12. The molecule has 0 aliphatic rings. The fraction of sp³-hybridized carbons (Fsp3) is 0.231. The van der Waals surface area contributed by atoms with Crippen molar-refractivity contribution >= 4 is 40.7 Å². The molecule has 1 unspecified atom stereocenters. The van der Waals surface area contributed by atoms with Gasteiger partial charge in [0, 0.05) is 17.0 Å². The monoisotopic (exact) mass is 301 g/mol. The summed E-state index contributed by atoms with van der Waals surface area (Å²) in [6.45, 7) is 5.80. The zero-order chi connectivity index (χ0) is 14.8. The second-order valence-corrected chi connectivity index (χ2v) is 5.01. The minimum Gasteiger partial charge on any atom is -0.376 e. The van der Waals surface area contributed by atoms with E-state index in [4.69, 9.17) is 23.2 Å². The van der Waals surface area contributed by atoms with E-state index >= 15 is 0 Å². The Kier molecular flexibility index (Phi) is 4.74. The summed E-state index contributed by atoms with van der Waals surface area (Å²) in [7, 11) is 0. The Morgan fingerprint density at radius 2 is 1.79 bits per heavy atom. The molecule has 1 aromatic rings. The zero-order valence-electron chi connectivity index (χ0n) is 10.5. The molecular weight excluding hydrogens is 289 g/mol. The maximum absolute atomic E-state index is 12.2. The van der Waals surface area contributed by atoms with E-state index in [1.54, 1.807) is 0 Å². The van der Waals surface area contributed by atoms with Crippen molar-refractivity contribution in [3.8, 4) is 0 Å². The van der Waals surface area contributed by atoms with Gasteiger partial charge in [-0.2, -0.15) is 0 Å². The van der Waals surface area contributed by atoms with E-state index in [0.29, 0.717) is 0 Å². The van der Waals surface area contributed by atoms with E-state index < -0.39 is 17.4 Å². The van der Waals surface area contributed by atoms with Crippen LogP contribution < -0.4 is 4.90 Å². The number of benzene rings is 1. The fourth-order valence-corrected chi connectivity index (χ4v) is 1.94. The molecule has 0 aromatic heterocycles. The first-order chi connectivity index (χ1) is 8.69. The number of carbonyl (C=O) groups is 2. The highest BCUT2D eigenvalue weighted by Crippen LogP contribution is 2.27. The normalized spacial score (nSPS) is 13.5. The van der Waals surface area contributed by atoms with Crippen LogP contribution in [0.5, 0.6) is 0 Å². The highest BCUT2D eigenvalue weighted by Gasteiger charge is 2.34. The third-order valence-corrected chi connectivity index (χ3v) is 2.89. The molecule has 1 rings (SSSR count). The van der Waals surface area contributed by atoms with E-state index in [1.165, 1.54) is 32.0 Å². The summed E-state index contributed by atoms with van der Waals surface area (Å²) in [5.74, 6) is -1.39. The molecule has 0 fully saturated rings. The molecule has 1 N–H and O–H groups in total. The molecule has 0 radical (unpaired) electrons. The molecule has 0 saturated heterocycles. The van der Waals surface area contributed by atoms with Gasteiger partial charge in [-0.25, -0.2) is 4.90 Å². The van der Waals surface area contributed by atoms with Crippen molar-refractivity contribution in [3.05, 3.63) is 40.9 Å². The predicted molar refractivity (Wildman–Crippen MR) is 75.4 cm³/mol. The summed E-state index contributed by atoms with van der Waals surface area (Å²) in [4.78, 5) is 24.6. The lowest BCUT2D eigenvalue weighted by molar-refractivity contribution is -0.134. The number of imide groups is 1. The van der Waals surface area contributed by atoms with Gasteiger partial charge < -0.3 is 5.11 Å². The van der Waals surface area contributed by atoms with Crippen LogP contribution in [0.15, 0.2) is 30.9 Å². The molecular formula is C13H13Cl2NO3. The summed E-state index contributed by atoms with van der Waals surface area (Å²) in [5.41, 5.74) is -1.67. The lowest BCUT2D eigenvalue weighted by Crippen LogP contribution is -2.48. The number of hydrogen-bond acceptors (Lipinski definition) is 3. The van der Waals surface area contributed by atoms with Crippen molar-refractivity contribution in [2.24, 2.45) is 0 Å². The Morgan fingerprint density at radius 3 is 2.16 bits per heavy atom.